The van der Waals surface area contributed by atoms with Gasteiger partial charge in [0.1, 0.15) is 5.82 Å². The van der Waals surface area contributed by atoms with E-state index in [0.717, 1.165) is 42.8 Å². The topological polar surface area (TPSA) is 41.1 Å². The van der Waals surface area contributed by atoms with Crippen LogP contribution in [0.25, 0.3) is 11.1 Å². The molecule has 1 aromatic heterocycles. The van der Waals surface area contributed by atoms with Crippen molar-refractivity contribution in [2.45, 2.75) is 18.8 Å². The van der Waals surface area contributed by atoms with E-state index in [4.69, 9.17) is 4.98 Å². The van der Waals surface area contributed by atoms with Crippen LogP contribution < -0.4 is 10.2 Å². The maximum absolute atomic E-state index is 13.2. The molecule has 1 saturated heterocycles. The lowest BCUT2D eigenvalue weighted by Crippen LogP contribution is -2.29. The van der Waals surface area contributed by atoms with E-state index < -0.39 is 0 Å². The number of rotatable bonds is 3. The Balaban J connectivity index is 2.05. The summed E-state index contributed by atoms with van der Waals surface area (Å²) in [5.74, 6) is 0.859. The zero-order chi connectivity index (χ0) is 15.5. The van der Waals surface area contributed by atoms with Crippen LogP contribution in [0.1, 0.15) is 24.5 Å². The van der Waals surface area contributed by atoms with Gasteiger partial charge in [0.15, 0.2) is 0 Å². The van der Waals surface area contributed by atoms with Gasteiger partial charge in [0.05, 0.1) is 5.69 Å². The Hall–Kier alpha value is -2.01. The number of nitrogens with one attached hydrogen (secondary N) is 1. The number of piperidine rings is 1. The Morgan fingerprint density at radius 1 is 1.23 bits per heavy atom. The van der Waals surface area contributed by atoms with Gasteiger partial charge >= 0.3 is 0 Å². The van der Waals surface area contributed by atoms with E-state index in [0.29, 0.717) is 11.9 Å². The quantitative estimate of drug-likeness (QED) is 0.946. The number of aromatic nitrogens is 2. The van der Waals surface area contributed by atoms with Crippen LogP contribution in [0.15, 0.2) is 30.5 Å². The number of halogens is 1. The fourth-order valence-corrected chi connectivity index (χ4v) is 2.85. The summed E-state index contributed by atoms with van der Waals surface area (Å²) in [5, 5.41) is 3.44. The molecule has 5 heteroatoms. The van der Waals surface area contributed by atoms with Crippen LogP contribution in [0.3, 0.4) is 0 Å². The van der Waals surface area contributed by atoms with E-state index in [9.17, 15) is 4.39 Å². The molecule has 1 aliphatic rings. The number of nitrogens with zero attached hydrogens (tertiary/aromatic N) is 3. The monoisotopic (exact) mass is 300 g/mol. The lowest BCUT2D eigenvalue weighted by Gasteiger charge is -2.25. The normalized spacial score (nSPS) is 18.2. The zero-order valence-corrected chi connectivity index (χ0v) is 13.0. The number of benzene rings is 1. The smallest absolute Gasteiger partial charge is 0.225 e. The molecule has 0 bridgehead atoms. The zero-order valence-electron chi connectivity index (χ0n) is 13.0. The third kappa shape index (κ3) is 3.09. The van der Waals surface area contributed by atoms with Crippen molar-refractivity contribution < 1.29 is 4.39 Å². The molecular formula is C17H21FN4. The van der Waals surface area contributed by atoms with Crippen LogP contribution in [0.5, 0.6) is 0 Å². The van der Waals surface area contributed by atoms with E-state index in [1.165, 1.54) is 12.1 Å². The summed E-state index contributed by atoms with van der Waals surface area (Å²) in [5.41, 5.74) is 3.02. The predicted octanol–water partition coefficient (Wildman–Crippen LogP) is 2.82. The Morgan fingerprint density at radius 3 is 2.64 bits per heavy atom. The molecule has 0 saturated carbocycles. The standard InChI is InChI=1S/C17H21FN4/c1-22(2)17-20-11-15(12-5-7-14(18)8-6-12)16(21-17)13-4-3-9-19-10-13/h5-8,11,13,19H,3-4,9-10H2,1-2H3. The molecule has 2 aromatic rings. The second-order valence-corrected chi connectivity index (χ2v) is 5.91. The molecule has 1 N–H and O–H groups in total. The van der Waals surface area contributed by atoms with Crippen LogP contribution >= 0.6 is 0 Å². The molecule has 22 heavy (non-hydrogen) atoms. The highest BCUT2D eigenvalue weighted by molar-refractivity contribution is 5.66. The highest BCUT2D eigenvalue weighted by atomic mass is 19.1. The molecule has 1 unspecified atom stereocenters. The van der Waals surface area contributed by atoms with Crippen molar-refractivity contribution in [1.29, 1.82) is 0 Å². The van der Waals surface area contributed by atoms with Gasteiger partial charge in [0, 0.05) is 38.3 Å². The van der Waals surface area contributed by atoms with E-state index >= 15 is 0 Å². The third-order valence-corrected chi connectivity index (χ3v) is 4.04. The Kier molecular flexibility index (Phi) is 4.34. The molecule has 0 amide bonds. The molecule has 4 nitrogen and oxygen atoms in total. The van der Waals surface area contributed by atoms with Gasteiger partial charge in [-0.15, -0.1) is 0 Å². The summed E-state index contributed by atoms with van der Waals surface area (Å²) in [6.45, 7) is 1.99. The van der Waals surface area contributed by atoms with Gasteiger partial charge in [-0.25, -0.2) is 14.4 Å². The Morgan fingerprint density at radius 2 is 2.00 bits per heavy atom. The van der Waals surface area contributed by atoms with Crippen molar-refractivity contribution in [2.24, 2.45) is 0 Å². The summed E-state index contributed by atoms with van der Waals surface area (Å²) in [6, 6.07) is 6.56. The first-order valence-corrected chi connectivity index (χ1v) is 7.66. The number of anilines is 1. The second-order valence-electron chi connectivity index (χ2n) is 5.91. The van der Waals surface area contributed by atoms with Crippen LogP contribution in [0, 0.1) is 5.82 Å². The summed E-state index contributed by atoms with van der Waals surface area (Å²) in [7, 11) is 3.88. The van der Waals surface area contributed by atoms with E-state index in [-0.39, 0.29) is 5.82 Å². The van der Waals surface area contributed by atoms with Crippen LogP contribution in [0.2, 0.25) is 0 Å². The molecule has 1 fully saturated rings. The van der Waals surface area contributed by atoms with Gasteiger partial charge in [0.25, 0.3) is 0 Å². The highest BCUT2D eigenvalue weighted by Gasteiger charge is 2.22. The van der Waals surface area contributed by atoms with Crippen LogP contribution in [0.4, 0.5) is 10.3 Å². The lowest BCUT2D eigenvalue weighted by molar-refractivity contribution is 0.455. The molecule has 3 rings (SSSR count). The number of hydrogen-bond donors (Lipinski definition) is 1. The largest absolute Gasteiger partial charge is 0.347 e. The molecule has 0 aliphatic carbocycles. The third-order valence-electron chi connectivity index (χ3n) is 4.04. The van der Waals surface area contributed by atoms with Gasteiger partial charge in [-0.3, -0.25) is 0 Å². The first kappa shape index (κ1) is 14.9. The lowest BCUT2D eigenvalue weighted by atomic mass is 9.91. The first-order valence-electron chi connectivity index (χ1n) is 7.66. The summed E-state index contributed by atoms with van der Waals surface area (Å²) in [4.78, 5) is 11.1. The SMILES string of the molecule is CN(C)c1ncc(-c2ccc(F)cc2)c(C2CCCNC2)n1. The second kappa shape index (κ2) is 6.40. The predicted molar refractivity (Wildman–Crippen MR) is 86.6 cm³/mol. The van der Waals surface area contributed by atoms with Crippen molar-refractivity contribution in [3.8, 4) is 11.1 Å². The maximum Gasteiger partial charge on any atom is 0.225 e. The van der Waals surface area contributed by atoms with Crippen molar-refractivity contribution in [2.75, 3.05) is 32.1 Å². The molecule has 116 valence electrons. The molecule has 0 radical (unpaired) electrons. The molecular weight excluding hydrogens is 279 g/mol. The fourth-order valence-electron chi connectivity index (χ4n) is 2.85. The van der Waals surface area contributed by atoms with E-state index in [2.05, 4.69) is 10.3 Å². The molecule has 1 atom stereocenters. The minimum Gasteiger partial charge on any atom is -0.347 e. The van der Waals surface area contributed by atoms with Gasteiger partial charge in [-0.05, 0) is 37.1 Å². The van der Waals surface area contributed by atoms with Crippen LogP contribution in [-0.2, 0) is 0 Å². The van der Waals surface area contributed by atoms with Gasteiger partial charge in [-0.1, -0.05) is 12.1 Å². The summed E-state index contributed by atoms with van der Waals surface area (Å²) < 4.78 is 13.2. The van der Waals surface area contributed by atoms with Gasteiger partial charge < -0.3 is 10.2 Å². The van der Waals surface area contributed by atoms with Gasteiger partial charge in [-0.2, -0.15) is 0 Å². The molecule has 1 aliphatic heterocycles. The van der Waals surface area contributed by atoms with Gasteiger partial charge in [0.2, 0.25) is 5.95 Å². The Labute approximate surface area is 130 Å². The fraction of sp³-hybridized carbons (Fsp3) is 0.412. The summed E-state index contributed by atoms with van der Waals surface area (Å²) in [6.07, 6.45) is 4.12. The Bertz CT molecular complexity index is 634. The molecule has 1 aromatic carbocycles. The minimum absolute atomic E-state index is 0.226. The van der Waals surface area contributed by atoms with Crippen LogP contribution in [-0.4, -0.2) is 37.2 Å². The average Bonchev–Trinajstić information content (AvgIpc) is 2.56. The highest BCUT2D eigenvalue weighted by Crippen LogP contribution is 2.32. The first-order chi connectivity index (χ1) is 10.6. The molecule has 0 spiro atoms. The van der Waals surface area contributed by atoms with Crippen molar-refractivity contribution in [3.05, 3.63) is 42.0 Å². The number of hydrogen-bond acceptors (Lipinski definition) is 4. The van der Waals surface area contributed by atoms with E-state index in [1.54, 1.807) is 12.1 Å². The van der Waals surface area contributed by atoms with Crippen molar-refractivity contribution in [1.82, 2.24) is 15.3 Å². The van der Waals surface area contributed by atoms with E-state index in [1.807, 2.05) is 25.2 Å². The minimum atomic E-state index is -0.226. The van der Waals surface area contributed by atoms with Crippen molar-refractivity contribution >= 4 is 5.95 Å². The average molecular weight is 300 g/mol. The van der Waals surface area contributed by atoms with Crippen molar-refractivity contribution in [3.63, 3.8) is 0 Å². The summed E-state index contributed by atoms with van der Waals surface area (Å²) >= 11 is 0. The maximum atomic E-state index is 13.2. The molecule has 2 heterocycles.